The molecule has 0 radical (unpaired) electrons. The third-order valence-corrected chi connectivity index (χ3v) is 8.18. The maximum absolute atomic E-state index is 13.2. The van der Waals surface area contributed by atoms with Gasteiger partial charge in [-0.15, -0.1) is 11.3 Å². The zero-order valence-corrected chi connectivity index (χ0v) is 20.5. The van der Waals surface area contributed by atoms with Gasteiger partial charge in [0.1, 0.15) is 5.54 Å². The number of nitrogens with one attached hydrogen (secondary N) is 2. The van der Waals surface area contributed by atoms with Gasteiger partial charge in [0.2, 0.25) is 0 Å². The third kappa shape index (κ3) is 5.13. The van der Waals surface area contributed by atoms with Crippen molar-refractivity contribution in [3.05, 3.63) is 65.5 Å². The quantitative estimate of drug-likeness (QED) is 0.488. The molecular weight excluding hydrogens is 478 g/mol. The Kier molecular flexibility index (Phi) is 6.60. The second-order valence-electron chi connectivity index (χ2n) is 7.94. The zero-order chi connectivity index (χ0) is 23.6. The minimum atomic E-state index is -3.35. The number of hydrogen-bond acceptors (Lipinski definition) is 7. The smallest absolute Gasteiger partial charge is 0.252 e. The van der Waals surface area contributed by atoms with Crippen molar-refractivity contribution in [3.8, 4) is 11.3 Å². The van der Waals surface area contributed by atoms with Crippen molar-refractivity contribution in [3.63, 3.8) is 0 Å². The van der Waals surface area contributed by atoms with Crippen LogP contribution in [0.15, 0.2) is 64.9 Å². The van der Waals surface area contributed by atoms with Gasteiger partial charge in [-0.05, 0) is 42.7 Å². The first-order valence-electron chi connectivity index (χ1n) is 10.2. The molecular formula is C23H23N3O4S3. The number of carbonyl (C=O) groups excluding carboxylic acids is 2. The Morgan fingerprint density at radius 1 is 1.15 bits per heavy atom. The lowest BCUT2D eigenvalue weighted by molar-refractivity contribution is -0.119. The Morgan fingerprint density at radius 3 is 2.48 bits per heavy atom. The van der Waals surface area contributed by atoms with E-state index in [4.69, 9.17) is 0 Å². The van der Waals surface area contributed by atoms with E-state index in [1.165, 1.54) is 35.6 Å². The topological polar surface area (TPSA) is 105 Å². The first-order chi connectivity index (χ1) is 15.7. The molecule has 1 fully saturated rings. The van der Waals surface area contributed by atoms with Gasteiger partial charge in [-0.2, -0.15) is 11.8 Å². The predicted octanol–water partition coefficient (Wildman–Crippen LogP) is 3.70. The molecule has 2 atom stereocenters. The molecule has 10 heteroatoms. The second kappa shape index (κ2) is 9.28. The summed E-state index contributed by atoms with van der Waals surface area (Å²) in [6, 6.07) is 15.4. The molecule has 1 aromatic heterocycles. The van der Waals surface area contributed by atoms with E-state index in [-0.39, 0.29) is 16.7 Å². The van der Waals surface area contributed by atoms with Crippen molar-refractivity contribution in [2.75, 3.05) is 23.6 Å². The van der Waals surface area contributed by atoms with E-state index in [9.17, 15) is 18.0 Å². The van der Waals surface area contributed by atoms with E-state index >= 15 is 0 Å². The van der Waals surface area contributed by atoms with E-state index in [0.717, 1.165) is 23.3 Å². The summed E-state index contributed by atoms with van der Waals surface area (Å²) in [4.78, 5) is 30.8. The molecule has 0 saturated heterocycles. The summed E-state index contributed by atoms with van der Waals surface area (Å²) in [7, 11) is -3.35. The predicted molar refractivity (Wildman–Crippen MR) is 132 cm³/mol. The lowest BCUT2D eigenvalue weighted by Gasteiger charge is -2.18. The fourth-order valence-electron chi connectivity index (χ4n) is 3.63. The number of thioether (sulfide) groups is 1. The van der Waals surface area contributed by atoms with Gasteiger partial charge >= 0.3 is 0 Å². The van der Waals surface area contributed by atoms with E-state index in [1.54, 1.807) is 11.8 Å². The molecule has 2 aromatic carbocycles. The Labute approximate surface area is 200 Å². The summed E-state index contributed by atoms with van der Waals surface area (Å²) < 4.78 is 23.3. The number of anilines is 1. The summed E-state index contributed by atoms with van der Waals surface area (Å²) in [5.74, 6) is 0.0169. The molecule has 0 aliphatic heterocycles. The zero-order valence-electron chi connectivity index (χ0n) is 18.1. The van der Waals surface area contributed by atoms with Gasteiger partial charge in [-0.1, -0.05) is 30.3 Å². The number of hydrogen-bond donors (Lipinski definition) is 2. The van der Waals surface area contributed by atoms with Gasteiger partial charge in [0.05, 0.1) is 10.6 Å². The molecule has 1 heterocycles. The number of sulfone groups is 1. The average molecular weight is 502 g/mol. The molecule has 3 aromatic rings. The summed E-state index contributed by atoms with van der Waals surface area (Å²) in [6.07, 6.45) is 3.60. The molecule has 172 valence electrons. The molecule has 7 nitrogen and oxygen atoms in total. The number of aromatic nitrogens is 1. The molecule has 0 bridgehead atoms. The highest BCUT2D eigenvalue weighted by atomic mass is 32.2. The van der Waals surface area contributed by atoms with Crippen molar-refractivity contribution in [2.24, 2.45) is 5.92 Å². The van der Waals surface area contributed by atoms with E-state index in [0.29, 0.717) is 17.1 Å². The van der Waals surface area contributed by atoms with Crippen LogP contribution in [0.5, 0.6) is 0 Å². The van der Waals surface area contributed by atoms with Crippen LogP contribution in [0.1, 0.15) is 16.8 Å². The van der Waals surface area contributed by atoms with Crippen molar-refractivity contribution in [2.45, 2.75) is 16.9 Å². The number of thiazole rings is 1. The molecule has 33 heavy (non-hydrogen) atoms. The summed E-state index contributed by atoms with van der Waals surface area (Å²) in [5.41, 5.74) is 1.01. The lowest BCUT2D eigenvalue weighted by atomic mass is 10.1. The number of amides is 2. The minimum Gasteiger partial charge on any atom is -0.337 e. The Bertz CT molecular complexity index is 1270. The Morgan fingerprint density at radius 2 is 1.85 bits per heavy atom. The van der Waals surface area contributed by atoms with Crippen LogP contribution in [0, 0.1) is 5.92 Å². The highest BCUT2D eigenvalue weighted by Gasteiger charge is 2.60. The Balaban J connectivity index is 1.50. The van der Waals surface area contributed by atoms with Crippen LogP contribution in [0.25, 0.3) is 11.3 Å². The third-order valence-electron chi connectivity index (χ3n) is 5.55. The van der Waals surface area contributed by atoms with Gasteiger partial charge < -0.3 is 5.32 Å². The van der Waals surface area contributed by atoms with Crippen LogP contribution in [-0.2, 0) is 14.6 Å². The normalized spacial score (nSPS) is 19.6. The maximum atomic E-state index is 13.2. The standard InChI is InChI=1S/C23H23N3O4S3/c1-31-13-17-12-23(17,26-20(27)16-8-10-18(11-9-16)33(2,29)30)21(28)25-22-24-19(14-32-22)15-6-4-3-5-7-15/h3-11,14,17H,12-13H2,1-2H3,(H,26,27)(H,24,25,28). The maximum Gasteiger partial charge on any atom is 0.252 e. The van der Waals surface area contributed by atoms with E-state index < -0.39 is 21.3 Å². The first-order valence-corrected chi connectivity index (χ1v) is 14.3. The van der Waals surface area contributed by atoms with Gasteiger partial charge in [0.25, 0.3) is 11.8 Å². The molecule has 4 rings (SSSR count). The van der Waals surface area contributed by atoms with Crippen molar-refractivity contribution >= 4 is 49.9 Å². The van der Waals surface area contributed by atoms with Gasteiger partial charge in [0, 0.05) is 28.7 Å². The summed E-state index contributed by atoms with van der Waals surface area (Å²) in [5, 5.41) is 8.13. The number of rotatable bonds is 8. The average Bonchev–Trinajstić information content (AvgIpc) is 3.28. The van der Waals surface area contributed by atoms with Crippen LogP contribution in [0.3, 0.4) is 0 Å². The van der Waals surface area contributed by atoms with Gasteiger partial charge in [-0.25, -0.2) is 13.4 Å². The molecule has 1 aliphatic carbocycles. The number of benzene rings is 2. The SMILES string of the molecule is CSCC1CC1(NC(=O)c1ccc(S(C)(=O)=O)cc1)C(=O)Nc1nc(-c2ccccc2)cs1. The van der Waals surface area contributed by atoms with Crippen LogP contribution in [-0.4, -0.2) is 49.0 Å². The summed E-state index contributed by atoms with van der Waals surface area (Å²) in [6.45, 7) is 0. The van der Waals surface area contributed by atoms with Crippen LogP contribution < -0.4 is 10.6 Å². The van der Waals surface area contributed by atoms with Crippen LogP contribution in [0.4, 0.5) is 5.13 Å². The van der Waals surface area contributed by atoms with Crippen molar-refractivity contribution in [1.82, 2.24) is 10.3 Å². The van der Waals surface area contributed by atoms with E-state index in [1.807, 2.05) is 42.0 Å². The van der Waals surface area contributed by atoms with Crippen molar-refractivity contribution < 1.29 is 18.0 Å². The van der Waals surface area contributed by atoms with Crippen molar-refractivity contribution in [1.29, 1.82) is 0 Å². The van der Waals surface area contributed by atoms with Gasteiger partial charge in [-0.3, -0.25) is 14.9 Å². The van der Waals surface area contributed by atoms with Gasteiger partial charge in [0.15, 0.2) is 15.0 Å². The molecule has 0 spiro atoms. The van der Waals surface area contributed by atoms with Crippen LogP contribution >= 0.6 is 23.1 Å². The minimum absolute atomic E-state index is 0.000277. The lowest BCUT2D eigenvalue weighted by Crippen LogP contribution is -2.48. The van der Waals surface area contributed by atoms with Crippen LogP contribution in [0.2, 0.25) is 0 Å². The number of carbonyl (C=O) groups is 2. The Hall–Kier alpha value is -2.69. The fourth-order valence-corrected chi connectivity index (χ4v) is 5.78. The summed E-state index contributed by atoms with van der Waals surface area (Å²) >= 11 is 2.95. The highest BCUT2D eigenvalue weighted by molar-refractivity contribution is 7.98. The molecule has 2 amide bonds. The largest absolute Gasteiger partial charge is 0.337 e. The monoisotopic (exact) mass is 501 g/mol. The van der Waals surface area contributed by atoms with E-state index in [2.05, 4.69) is 15.6 Å². The molecule has 2 unspecified atom stereocenters. The molecule has 1 aliphatic rings. The highest BCUT2D eigenvalue weighted by Crippen LogP contribution is 2.46. The fraction of sp³-hybridized carbons (Fsp3) is 0.261. The molecule has 1 saturated carbocycles. The first kappa shape index (κ1) is 23.5. The second-order valence-corrected chi connectivity index (χ2v) is 11.7. The number of nitrogens with zero attached hydrogens (tertiary/aromatic N) is 1. The molecule has 2 N–H and O–H groups in total.